The summed E-state index contributed by atoms with van der Waals surface area (Å²) in [6, 6.07) is 5.38. The van der Waals surface area contributed by atoms with Crippen molar-refractivity contribution in [3.63, 3.8) is 0 Å². The lowest BCUT2D eigenvalue weighted by Gasteiger charge is -2.38. The summed E-state index contributed by atoms with van der Waals surface area (Å²) >= 11 is 0. The third-order valence-electron chi connectivity index (χ3n) is 5.86. The van der Waals surface area contributed by atoms with E-state index in [1.54, 1.807) is 0 Å². The Kier molecular flexibility index (Phi) is 4.89. The first-order valence-corrected chi connectivity index (χ1v) is 10.0. The van der Waals surface area contributed by atoms with Crippen molar-refractivity contribution in [1.82, 2.24) is 15.5 Å². The smallest absolute Gasteiger partial charge is 0.0776 e. The summed E-state index contributed by atoms with van der Waals surface area (Å²) in [6.07, 6.45) is 9.35. The topological polar surface area (TPSA) is 49.9 Å². The highest BCUT2D eigenvalue weighted by atomic mass is 16.5. The Morgan fingerprint density at radius 3 is 2.85 bits per heavy atom. The normalized spacial score (nSPS) is 32.6. The number of hydrogen-bond acceptors (Lipinski definition) is 3. The monoisotopic (exact) mass is 353 g/mol. The molecule has 2 aliphatic rings. The number of H-pyrrole nitrogens is 1. The predicted octanol–water partition coefficient (Wildman–Crippen LogP) is 4.81. The van der Waals surface area contributed by atoms with E-state index >= 15 is 0 Å². The zero-order valence-corrected chi connectivity index (χ0v) is 16.4. The molecule has 0 radical (unpaired) electrons. The maximum atomic E-state index is 6.18. The second kappa shape index (κ2) is 7.16. The number of ether oxygens (including phenoxy) is 1. The number of fused-ring (bicyclic) bond motifs is 1. The summed E-state index contributed by atoms with van der Waals surface area (Å²) in [4.78, 5) is 0. The van der Waals surface area contributed by atoms with Gasteiger partial charge in [-0.25, -0.2) is 0 Å². The minimum atomic E-state index is 0.242. The highest BCUT2D eigenvalue weighted by Crippen LogP contribution is 2.35. The van der Waals surface area contributed by atoms with Crippen LogP contribution < -0.4 is 5.32 Å². The van der Waals surface area contributed by atoms with Crippen molar-refractivity contribution in [1.29, 1.82) is 0 Å². The first-order chi connectivity index (χ1) is 12.5. The van der Waals surface area contributed by atoms with Gasteiger partial charge in [0.25, 0.3) is 0 Å². The van der Waals surface area contributed by atoms with Gasteiger partial charge in [0.1, 0.15) is 0 Å². The number of aryl methyl sites for hydroxylation is 1. The van der Waals surface area contributed by atoms with E-state index in [1.165, 1.54) is 40.4 Å². The lowest BCUT2D eigenvalue weighted by Crippen LogP contribution is -2.42. The van der Waals surface area contributed by atoms with E-state index < -0.39 is 0 Å². The van der Waals surface area contributed by atoms with Crippen LogP contribution in [0.15, 0.2) is 30.0 Å². The molecular formula is C22H31N3O. The van der Waals surface area contributed by atoms with Crippen molar-refractivity contribution < 1.29 is 4.74 Å². The van der Waals surface area contributed by atoms with E-state index in [1.807, 2.05) is 6.20 Å². The van der Waals surface area contributed by atoms with Crippen LogP contribution >= 0.6 is 0 Å². The maximum Gasteiger partial charge on any atom is 0.0776 e. The summed E-state index contributed by atoms with van der Waals surface area (Å²) in [5.74, 6) is 0.704. The number of nitrogens with zero attached hydrogens (tertiary/aromatic N) is 1. The Morgan fingerprint density at radius 1 is 1.19 bits per heavy atom. The average molecular weight is 354 g/mol. The lowest BCUT2D eigenvalue weighted by molar-refractivity contribution is 0.00158. The van der Waals surface area contributed by atoms with Crippen LogP contribution in [0.4, 0.5) is 0 Å². The maximum absolute atomic E-state index is 6.18. The first kappa shape index (κ1) is 17.7. The van der Waals surface area contributed by atoms with Crippen LogP contribution in [0.5, 0.6) is 0 Å². The number of piperidine rings is 1. The van der Waals surface area contributed by atoms with Gasteiger partial charge in [-0.05, 0) is 69.6 Å². The summed E-state index contributed by atoms with van der Waals surface area (Å²) in [5, 5.41) is 12.6. The molecule has 2 aliphatic heterocycles. The Labute approximate surface area is 156 Å². The standard InChI is InChI=1S/C22H31N3O/c1-13-5-16(4)26-19(8-13)11-18-7-15(3)10-21(24-18)20-9-14(2)6-17-12-23-25-22(17)20/h6,8-9,12,15-16,18-19,21,24H,5,7,10-11H2,1-4H3,(H,23,25)/t15-,16?,18?,19?,21?/m0/s1. The fourth-order valence-electron chi connectivity index (χ4n) is 4.93. The highest BCUT2D eigenvalue weighted by Gasteiger charge is 2.30. The van der Waals surface area contributed by atoms with E-state index in [2.05, 4.69) is 61.4 Å². The zero-order valence-electron chi connectivity index (χ0n) is 16.4. The molecule has 26 heavy (non-hydrogen) atoms. The molecule has 1 fully saturated rings. The number of rotatable bonds is 3. The zero-order chi connectivity index (χ0) is 18.3. The molecule has 0 amide bonds. The molecule has 0 spiro atoms. The van der Waals surface area contributed by atoms with Gasteiger partial charge in [-0.15, -0.1) is 0 Å². The molecule has 0 aliphatic carbocycles. The van der Waals surface area contributed by atoms with Gasteiger partial charge < -0.3 is 10.1 Å². The SMILES string of the molecule is CC1=CC(CC2C[C@H](C)CC(c3cc(C)cc4cn[nH]c34)N2)OC(C)C1. The molecule has 1 saturated heterocycles. The van der Waals surface area contributed by atoms with Crippen molar-refractivity contribution in [2.24, 2.45) is 5.92 Å². The van der Waals surface area contributed by atoms with Crippen LogP contribution in [0.1, 0.15) is 63.6 Å². The van der Waals surface area contributed by atoms with Crippen LogP contribution in [0.2, 0.25) is 0 Å². The Bertz CT molecular complexity index is 809. The van der Waals surface area contributed by atoms with E-state index in [4.69, 9.17) is 4.74 Å². The van der Waals surface area contributed by atoms with Crippen molar-refractivity contribution in [2.45, 2.75) is 77.7 Å². The molecule has 3 heterocycles. The molecule has 0 bridgehead atoms. The third-order valence-corrected chi connectivity index (χ3v) is 5.86. The summed E-state index contributed by atoms with van der Waals surface area (Å²) < 4.78 is 6.18. The molecule has 1 aromatic carbocycles. The van der Waals surface area contributed by atoms with Gasteiger partial charge in [0.2, 0.25) is 0 Å². The Morgan fingerprint density at radius 2 is 2.04 bits per heavy atom. The molecule has 2 aromatic rings. The van der Waals surface area contributed by atoms with Crippen molar-refractivity contribution in [3.8, 4) is 0 Å². The quantitative estimate of drug-likeness (QED) is 0.778. The van der Waals surface area contributed by atoms with Crippen LogP contribution in [-0.4, -0.2) is 28.4 Å². The average Bonchev–Trinajstić information content (AvgIpc) is 3.00. The number of hydrogen-bond donors (Lipinski definition) is 2. The first-order valence-electron chi connectivity index (χ1n) is 10.0. The molecule has 140 valence electrons. The van der Waals surface area contributed by atoms with Crippen molar-refractivity contribution in [3.05, 3.63) is 41.1 Å². The van der Waals surface area contributed by atoms with Gasteiger partial charge >= 0.3 is 0 Å². The molecule has 2 N–H and O–H groups in total. The van der Waals surface area contributed by atoms with Gasteiger partial charge in [0.05, 0.1) is 23.9 Å². The Balaban J connectivity index is 1.55. The van der Waals surface area contributed by atoms with Crippen LogP contribution in [-0.2, 0) is 4.74 Å². The van der Waals surface area contributed by atoms with Gasteiger partial charge in [-0.1, -0.05) is 24.6 Å². The molecule has 1 aromatic heterocycles. The Hall–Kier alpha value is -1.65. The molecule has 4 nitrogen and oxygen atoms in total. The van der Waals surface area contributed by atoms with Gasteiger partial charge in [-0.3, -0.25) is 5.10 Å². The number of aromatic nitrogens is 2. The van der Waals surface area contributed by atoms with Gasteiger partial charge in [-0.2, -0.15) is 5.10 Å². The van der Waals surface area contributed by atoms with E-state index in [9.17, 15) is 0 Å². The minimum Gasteiger partial charge on any atom is -0.371 e. The van der Waals surface area contributed by atoms with Crippen molar-refractivity contribution >= 4 is 10.9 Å². The minimum absolute atomic E-state index is 0.242. The van der Waals surface area contributed by atoms with E-state index in [0.717, 1.165) is 12.8 Å². The second-order valence-corrected chi connectivity index (χ2v) is 8.62. The molecular weight excluding hydrogens is 322 g/mol. The molecule has 4 rings (SSSR count). The fraction of sp³-hybridized carbons (Fsp3) is 0.591. The summed E-state index contributed by atoms with van der Waals surface area (Å²) in [5.41, 5.74) is 5.30. The van der Waals surface area contributed by atoms with E-state index in [-0.39, 0.29) is 6.10 Å². The summed E-state index contributed by atoms with van der Waals surface area (Å²) in [7, 11) is 0. The largest absolute Gasteiger partial charge is 0.371 e. The number of benzene rings is 1. The molecule has 4 unspecified atom stereocenters. The van der Waals surface area contributed by atoms with Gasteiger partial charge in [0.15, 0.2) is 0 Å². The summed E-state index contributed by atoms with van der Waals surface area (Å²) in [6.45, 7) is 8.97. The molecule has 4 heteroatoms. The number of nitrogens with one attached hydrogen (secondary N) is 2. The van der Waals surface area contributed by atoms with Crippen LogP contribution in [0.3, 0.4) is 0 Å². The lowest BCUT2D eigenvalue weighted by atomic mass is 9.83. The molecule has 0 saturated carbocycles. The predicted molar refractivity (Wildman–Crippen MR) is 106 cm³/mol. The number of aromatic amines is 1. The van der Waals surface area contributed by atoms with E-state index in [0.29, 0.717) is 24.1 Å². The third kappa shape index (κ3) is 3.72. The van der Waals surface area contributed by atoms with Gasteiger partial charge in [0, 0.05) is 17.5 Å². The van der Waals surface area contributed by atoms with Crippen LogP contribution in [0, 0.1) is 12.8 Å². The fourth-order valence-corrected chi connectivity index (χ4v) is 4.93. The van der Waals surface area contributed by atoms with Crippen molar-refractivity contribution in [2.75, 3.05) is 0 Å². The van der Waals surface area contributed by atoms with Crippen LogP contribution in [0.25, 0.3) is 10.9 Å². The second-order valence-electron chi connectivity index (χ2n) is 8.62. The molecule has 5 atom stereocenters. The highest BCUT2D eigenvalue weighted by molar-refractivity contribution is 5.82.